The van der Waals surface area contributed by atoms with E-state index >= 15 is 0 Å². The summed E-state index contributed by atoms with van der Waals surface area (Å²) < 4.78 is 9.52. The summed E-state index contributed by atoms with van der Waals surface area (Å²) >= 11 is 0. The lowest BCUT2D eigenvalue weighted by Gasteiger charge is -2.33. The lowest BCUT2D eigenvalue weighted by molar-refractivity contribution is -0.146. The molecule has 2 N–H and O–H groups in total. The van der Waals surface area contributed by atoms with E-state index in [1.807, 2.05) is 0 Å². The van der Waals surface area contributed by atoms with Crippen LogP contribution < -0.4 is 10.6 Å². The fourth-order valence-electron chi connectivity index (χ4n) is 2.70. The smallest absolute Gasteiger partial charge is 0.338 e. The van der Waals surface area contributed by atoms with Gasteiger partial charge < -0.3 is 20.1 Å². The van der Waals surface area contributed by atoms with Gasteiger partial charge in [0.15, 0.2) is 0 Å². The Kier molecular flexibility index (Phi) is 7.30. The van der Waals surface area contributed by atoms with Gasteiger partial charge in [0.2, 0.25) is 11.8 Å². The zero-order valence-electron chi connectivity index (χ0n) is 15.3. The Hall–Kier alpha value is -2.94. The van der Waals surface area contributed by atoms with Gasteiger partial charge in [0.1, 0.15) is 6.04 Å². The van der Waals surface area contributed by atoms with Crippen molar-refractivity contribution in [3.05, 3.63) is 29.8 Å². The van der Waals surface area contributed by atoms with Crippen LogP contribution in [-0.4, -0.2) is 68.0 Å². The number of benzene rings is 1. The van der Waals surface area contributed by atoms with Crippen molar-refractivity contribution < 1.29 is 28.7 Å². The molecular weight excluding hydrogens is 354 g/mol. The van der Waals surface area contributed by atoms with Crippen molar-refractivity contribution in [3.63, 3.8) is 0 Å². The van der Waals surface area contributed by atoms with E-state index in [-0.39, 0.29) is 31.4 Å². The van der Waals surface area contributed by atoms with Crippen molar-refractivity contribution in [2.75, 3.05) is 38.7 Å². The molecule has 9 heteroatoms. The number of nitrogens with zero attached hydrogens (tertiary/aromatic N) is 1. The second kappa shape index (κ2) is 9.67. The van der Waals surface area contributed by atoms with Gasteiger partial charge in [-0.2, -0.15) is 0 Å². The molecule has 0 saturated carbocycles. The molecule has 0 spiro atoms. The van der Waals surface area contributed by atoms with E-state index in [4.69, 9.17) is 4.74 Å². The summed E-state index contributed by atoms with van der Waals surface area (Å²) in [6.45, 7) is 2.81. The maximum atomic E-state index is 12.3. The molecule has 1 aliphatic rings. The molecule has 146 valence electrons. The third-order valence-corrected chi connectivity index (χ3v) is 4.06. The zero-order chi connectivity index (χ0) is 19.8. The number of rotatable bonds is 7. The Morgan fingerprint density at radius 2 is 1.96 bits per heavy atom. The van der Waals surface area contributed by atoms with Crippen molar-refractivity contribution in [3.8, 4) is 0 Å². The predicted molar refractivity (Wildman–Crippen MR) is 96.0 cm³/mol. The minimum Gasteiger partial charge on any atom is -0.469 e. The van der Waals surface area contributed by atoms with E-state index in [2.05, 4.69) is 15.4 Å². The molecule has 1 heterocycles. The van der Waals surface area contributed by atoms with Gasteiger partial charge in [-0.1, -0.05) is 0 Å². The molecule has 0 aromatic heterocycles. The molecule has 2 rings (SSSR count). The van der Waals surface area contributed by atoms with E-state index in [9.17, 15) is 19.2 Å². The number of esters is 2. The third-order valence-electron chi connectivity index (χ3n) is 4.06. The van der Waals surface area contributed by atoms with Crippen molar-refractivity contribution in [2.45, 2.75) is 19.4 Å². The van der Waals surface area contributed by atoms with Gasteiger partial charge in [-0.3, -0.25) is 19.3 Å². The third kappa shape index (κ3) is 5.78. The van der Waals surface area contributed by atoms with Crippen molar-refractivity contribution >= 4 is 29.4 Å². The summed E-state index contributed by atoms with van der Waals surface area (Å²) in [6, 6.07) is 5.56. The molecule has 1 aliphatic heterocycles. The van der Waals surface area contributed by atoms with Crippen LogP contribution in [0.2, 0.25) is 0 Å². The van der Waals surface area contributed by atoms with Crippen LogP contribution in [0.1, 0.15) is 23.7 Å². The van der Waals surface area contributed by atoms with Gasteiger partial charge in [-0.25, -0.2) is 4.79 Å². The number of piperazine rings is 1. The Morgan fingerprint density at radius 1 is 1.26 bits per heavy atom. The number of ether oxygens (including phenoxy) is 2. The fraction of sp³-hybridized carbons (Fsp3) is 0.444. The number of amides is 2. The first-order chi connectivity index (χ1) is 12.9. The molecule has 0 bridgehead atoms. The molecule has 1 saturated heterocycles. The summed E-state index contributed by atoms with van der Waals surface area (Å²) in [5.41, 5.74) is 0.903. The van der Waals surface area contributed by atoms with Crippen molar-refractivity contribution in [1.29, 1.82) is 0 Å². The highest BCUT2D eigenvalue weighted by atomic mass is 16.5. The molecule has 27 heavy (non-hydrogen) atoms. The monoisotopic (exact) mass is 377 g/mol. The first-order valence-electron chi connectivity index (χ1n) is 8.60. The Balaban J connectivity index is 1.96. The molecule has 2 amide bonds. The topological polar surface area (TPSA) is 114 Å². The lowest BCUT2D eigenvalue weighted by Crippen LogP contribution is -2.57. The number of methoxy groups -OCH3 is 1. The number of carbonyl (C=O) groups excluding carboxylic acids is 4. The first-order valence-corrected chi connectivity index (χ1v) is 8.60. The molecule has 1 fully saturated rings. The van der Waals surface area contributed by atoms with Gasteiger partial charge in [-0.15, -0.1) is 0 Å². The molecular formula is C18H23N3O6. The minimum absolute atomic E-state index is 0.0469. The number of hydrogen-bond donors (Lipinski definition) is 2. The summed E-state index contributed by atoms with van der Waals surface area (Å²) in [5, 5.41) is 5.39. The SMILES string of the molecule is CCOC(=O)c1ccc(NC(=O)CN2CCNC(=O)[C@H]2CC(=O)OC)cc1. The van der Waals surface area contributed by atoms with Crippen molar-refractivity contribution in [2.24, 2.45) is 0 Å². The quantitative estimate of drug-likeness (QED) is 0.651. The van der Waals surface area contributed by atoms with Crippen LogP contribution >= 0.6 is 0 Å². The highest BCUT2D eigenvalue weighted by Gasteiger charge is 2.33. The van der Waals surface area contributed by atoms with Crippen molar-refractivity contribution in [1.82, 2.24) is 10.2 Å². The number of nitrogens with one attached hydrogen (secondary N) is 2. The Labute approximate surface area is 157 Å². The van der Waals surface area contributed by atoms with Gasteiger partial charge in [0, 0.05) is 18.8 Å². The molecule has 9 nitrogen and oxygen atoms in total. The van der Waals surface area contributed by atoms with E-state index in [0.29, 0.717) is 24.3 Å². The van der Waals surface area contributed by atoms with E-state index in [1.54, 1.807) is 36.1 Å². The maximum absolute atomic E-state index is 12.3. The highest BCUT2D eigenvalue weighted by molar-refractivity contribution is 5.95. The number of carbonyl (C=O) groups is 4. The van der Waals surface area contributed by atoms with Crippen LogP contribution in [-0.2, 0) is 23.9 Å². The molecule has 1 aromatic carbocycles. The summed E-state index contributed by atoms with van der Waals surface area (Å²) in [7, 11) is 1.25. The van der Waals surface area contributed by atoms with E-state index < -0.39 is 18.0 Å². The number of hydrogen-bond acceptors (Lipinski definition) is 7. The summed E-state index contributed by atoms with van der Waals surface area (Å²) in [4.78, 5) is 49.1. The summed E-state index contributed by atoms with van der Waals surface area (Å²) in [5.74, 6) is -1.58. The number of anilines is 1. The Morgan fingerprint density at radius 3 is 2.59 bits per heavy atom. The minimum atomic E-state index is -0.747. The average molecular weight is 377 g/mol. The van der Waals surface area contributed by atoms with Crippen LogP contribution in [0, 0.1) is 0 Å². The highest BCUT2D eigenvalue weighted by Crippen LogP contribution is 2.13. The van der Waals surface area contributed by atoms with E-state index in [0.717, 1.165) is 0 Å². The van der Waals surface area contributed by atoms with Gasteiger partial charge in [-0.05, 0) is 31.2 Å². The van der Waals surface area contributed by atoms with Gasteiger partial charge >= 0.3 is 11.9 Å². The average Bonchev–Trinajstić information content (AvgIpc) is 2.65. The normalized spacial score (nSPS) is 17.0. The predicted octanol–water partition coefficient (Wildman–Crippen LogP) is 0.165. The molecule has 0 radical (unpaired) electrons. The van der Waals surface area contributed by atoms with Crippen LogP contribution in [0.4, 0.5) is 5.69 Å². The second-order valence-corrected chi connectivity index (χ2v) is 5.90. The molecule has 1 aromatic rings. The van der Waals surface area contributed by atoms with Crippen LogP contribution in [0.15, 0.2) is 24.3 Å². The van der Waals surface area contributed by atoms with Gasteiger partial charge in [0.25, 0.3) is 0 Å². The maximum Gasteiger partial charge on any atom is 0.338 e. The first kappa shape index (κ1) is 20.4. The van der Waals surface area contributed by atoms with Crippen LogP contribution in [0.5, 0.6) is 0 Å². The van der Waals surface area contributed by atoms with Crippen LogP contribution in [0.3, 0.4) is 0 Å². The zero-order valence-corrected chi connectivity index (χ0v) is 15.3. The standard InChI is InChI=1S/C18H23N3O6/c1-3-27-18(25)12-4-6-13(7-5-12)20-15(22)11-21-9-8-19-17(24)14(21)10-16(23)26-2/h4-7,14H,3,8-11H2,1-2H3,(H,19,24)(H,20,22)/t14-/m1/s1. The lowest BCUT2D eigenvalue weighted by atomic mass is 10.1. The molecule has 0 unspecified atom stereocenters. The largest absolute Gasteiger partial charge is 0.469 e. The summed E-state index contributed by atoms with van der Waals surface area (Å²) in [6.07, 6.45) is -0.121. The second-order valence-electron chi connectivity index (χ2n) is 5.90. The van der Waals surface area contributed by atoms with E-state index in [1.165, 1.54) is 7.11 Å². The molecule has 1 atom stereocenters. The van der Waals surface area contributed by atoms with Gasteiger partial charge in [0.05, 0.1) is 32.2 Å². The van der Waals surface area contributed by atoms with Crippen LogP contribution in [0.25, 0.3) is 0 Å². The fourth-order valence-corrected chi connectivity index (χ4v) is 2.70. The Bertz CT molecular complexity index is 704. The molecule has 0 aliphatic carbocycles.